The summed E-state index contributed by atoms with van der Waals surface area (Å²) in [5.74, 6) is -1.12. The molecule has 0 fully saturated rings. The average Bonchev–Trinajstić information content (AvgIpc) is 3.01. The summed E-state index contributed by atoms with van der Waals surface area (Å²) in [4.78, 5) is 26.2. The summed E-state index contributed by atoms with van der Waals surface area (Å²) >= 11 is 3.49. The number of esters is 1. The van der Waals surface area contributed by atoms with Gasteiger partial charge in [0, 0.05) is 26.9 Å². The van der Waals surface area contributed by atoms with Gasteiger partial charge in [0.15, 0.2) is 17.3 Å². The summed E-state index contributed by atoms with van der Waals surface area (Å²) < 4.78 is 11.2. The van der Waals surface area contributed by atoms with Crippen LogP contribution in [0.1, 0.15) is 41.3 Å². The summed E-state index contributed by atoms with van der Waals surface area (Å²) in [7, 11) is 1.31. The molecule has 0 bridgehead atoms. The maximum absolute atomic E-state index is 13.4. The highest BCUT2D eigenvalue weighted by Crippen LogP contribution is 2.49. The smallest absolute Gasteiger partial charge is 0.336 e. The maximum Gasteiger partial charge on any atom is 0.336 e. The van der Waals surface area contributed by atoms with Gasteiger partial charge in [0.1, 0.15) is 0 Å². The fraction of sp³-hybridized carbons (Fsp3) is 0.217. The second kappa shape index (κ2) is 7.65. The van der Waals surface area contributed by atoms with Crippen molar-refractivity contribution >= 4 is 33.4 Å². The van der Waals surface area contributed by atoms with Crippen LogP contribution in [0, 0.1) is 0 Å². The van der Waals surface area contributed by atoms with Crippen LogP contribution in [0.5, 0.6) is 11.5 Å². The molecule has 1 aliphatic heterocycles. The monoisotopic (exact) mass is 469 g/mol. The highest BCUT2D eigenvalue weighted by atomic mass is 79.9. The van der Waals surface area contributed by atoms with E-state index in [4.69, 9.17) is 9.47 Å². The Morgan fingerprint density at radius 1 is 1.23 bits per heavy atom. The molecule has 0 radical (unpaired) electrons. The largest absolute Gasteiger partial charge is 0.504 e. The van der Waals surface area contributed by atoms with Crippen molar-refractivity contribution in [3.05, 3.63) is 74.4 Å². The summed E-state index contributed by atoms with van der Waals surface area (Å²) in [5.41, 5.74) is 4.11. The van der Waals surface area contributed by atoms with Crippen LogP contribution in [-0.4, -0.2) is 30.6 Å². The minimum atomic E-state index is -0.692. The summed E-state index contributed by atoms with van der Waals surface area (Å²) in [6.07, 6.45) is 0. The zero-order valence-corrected chi connectivity index (χ0v) is 18.3. The van der Waals surface area contributed by atoms with Gasteiger partial charge in [0.05, 0.1) is 30.9 Å². The minimum absolute atomic E-state index is 0.0306. The second-order valence-corrected chi connectivity index (χ2v) is 7.88. The van der Waals surface area contributed by atoms with Crippen molar-refractivity contribution in [2.24, 2.45) is 0 Å². The molecule has 30 heavy (non-hydrogen) atoms. The number of dihydropyridines is 1. The minimum Gasteiger partial charge on any atom is -0.504 e. The van der Waals surface area contributed by atoms with E-state index in [-0.39, 0.29) is 17.3 Å². The first-order valence-corrected chi connectivity index (χ1v) is 10.3. The number of ether oxygens (including phenoxy) is 2. The van der Waals surface area contributed by atoms with Gasteiger partial charge in [-0.3, -0.25) is 4.79 Å². The van der Waals surface area contributed by atoms with E-state index in [9.17, 15) is 14.7 Å². The molecule has 0 amide bonds. The summed E-state index contributed by atoms with van der Waals surface area (Å²) in [6, 6.07) is 10.5. The summed E-state index contributed by atoms with van der Waals surface area (Å²) in [6.45, 7) is 3.96. The van der Waals surface area contributed by atoms with Crippen LogP contribution in [0.3, 0.4) is 0 Å². The summed E-state index contributed by atoms with van der Waals surface area (Å²) in [5, 5.41) is 13.5. The topological polar surface area (TPSA) is 84.9 Å². The van der Waals surface area contributed by atoms with Crippen molar-refractivity contribution in [2.75, 3.05) is 13.7 Å². The molecule has 0 saturated carbocycles. The molecule has 4 rings (SSSR count). The van der Waals surface area contributed by atoms with Crippen molar-refractivity contribution in [1.82, 2.24) is 5.32 Å². The molecular formula is C23H20BrNO5. The zero-order chi connectivity index (χ0) is 21.6. The van der Waals surface area contributed by atoms with Crippen LogP contribution in [-0.2, 0) is 9.53 Å². The molecule has 2 N–H and O–H groups in total. The number of hydrogen-bond acceptors (Lipinski definition) is 6. The van der Waals surface area contributed by atoms with Crippen molar-refractivity contribution in [1.29, 1.82) is 0 Å². The molecule has 2 aromatic rings. The third kappa shape index (κ3) is 3.01. The number of hydrogen-bond donors (Lipinski definition) is 2. The Hall–Kier alpha value is -3.06. The highest BCUT2D eigenvalue weighted by Gasteiger charge is 2.43. The lowest BCUT2D eigenvalue weighted by atomic mass is 9.79. The molecule has 6 nitrogen and oxygen atoms in total. The van der Waals surface area contributed by atoms with Crippen molar-refractivity contribution in [3.8, 4) is 11.5 Å². The lowest BCUT2D eigenvalue weighted by molar-refractivity contribution is -0.136. The van der Waals surface area contributed by atoms with Crippen LogP contribution in [0.25, 0.3) is 5.70 Å². The Balaban J connectivity index is 1.99. The molecule has 7 heteroatoms. The number of carbonyl (C=O) groups is 2. The first-order valence-electron chi connectivity index (χ1n) is 9.48. The van der Waals surface area contributed by atoms with E-state index < -0.39 is 11.9 Å². The number of fused-ring (bicyclic) bond motifs is 2. The van der Waals surface area contributed by atoms with Crippen LogP contribution in [0.15, 0.2) is 57.7 Å². The number of aromatic hydroxyl groups is 1. The number of Topliss-reactive ketones (excluding diaryl/α,β-unsaturated/α-hetero) is 1. The van der Waals surface area contributed by atoms with Gasteiger partial charge in [0.2, 0.25) is 0 Å². The second-order valence-electron chi connectivity index (χ2n) is 7.03. The predicted octanol–water partition coefficient (Wildman–Crippen LogP) is 4.29. The molecule has 0 saturated heterocycles. The molecule has 1 heterocycles. The zero-order valence-electron chi connectivity index (χ0n) is 16.7. The van der Waals surface area contributed by atoms with E-state index in [1.165, 1.54) is 13.2 Å². The number of rotatable bonds is 4. The van der Waals surface area contributed by atoms with E-state index in [0.29, 0.717) is 44.7 Å². The Morgan fingerprint density at radius 2 is 1.93 bits per heavy atom. The van der Waals surface area contributed by atoms with E-state index in [0.717, 1.165) is 5.56 Å². The molecule has 2 aliphatic rings. The van der Waals surface area contributed by atoms with Crippen LogP contribution in [0.4, 0.5) is 0 Å². The Morgan fingerprint density at radius 3 is 2.60 bits per heavy atom. The Kier molecular flexibility index (Phi) is 5.15. The number of methoxy groups -OCH3 is 1. The number of halogens is 1. The molecule has 1 aliphatic carbocycles. The Bertz CT molecular complexity index is 1150. The highest BCUT2D eigenvalue weighted by molar-refractivity contribution is 9.10. The van der Waals surface area contributed by atoms with Crippen molar-refractivity contribution < 1.29 is 24.2 Å². The standard InChI is InChI=1S/C23H20BrNO5/c1-4-30-17-9-14(15(24)10-16(17)26)19-18(23(28)29-3)11(2)25-21-12-7-5-6-8-13(12)22(27)20(19)21/h5-10,19,25-26H,4H2,1-3H3/t19-/m1/s1. The van der Waals surface area contributed by atoms with Gasteiger partial charge in [-0.2, -0.15) is 0 Å². The predicted molar refractivity (Wildman–Crippen MR) is 115 cm³/mol. The van der Waals surface area contributed by atoms with E-state index in [2.05, 4.69) is 21.2 Å². The number of phenolic OH excluding ortho intramolecular Hbond substituents is 1. The first-order chi connectivity index (χ1) is 14.4. The van der Waals surface area contributed by atoms with Gasteiger partial charge in [0.25, 0.3) is 0 Å². The third-order valence-corrected chi connectivity index (χ3v) is 6.03. The van der Waals surface area contributed by atoms with Gasteiger partial charge in [-0.15, -0.1) is 0 Å². The van der Waals surface area contributed by atoms with Crippen LogP contribution >= 0.6 is 15.9 Å². The lowest BCUT2D eigenvalue weighted by Crippen LogP contribution is -2.29. The average molecular weight is 470 g/mol. The fourth-order valence-corrected chi connectivity index (χ4v) is 4.63. The number of ketones is 1. The van der Waals surface area contributed by atoms with Crippen LogP contribution in [0.2, 0.25) is 0 Å². The van der Waals surface area contributed by atoms with Crippen molar-refractivity contribution in [2.45, 2.75) is 19.8 Å². The van der Waals surface area contributed by atoms with Gasteiger partial charge in [-0.25, -0.2) is 4.79 Å². The first kappa shape index (κ1) is 20.2. The van der Waals surface area contributed by atoms with E-state index in [1.807, 2.05) is 25.1 Å². The van der Waals surface area contributed by atoms with Crippen LogP contribution < -0.4 is 10.1 Å². The SMILES string of the molecule is CCOc1cc([C@@H]2C(C(=O)OC)=C(C)NC3=C2C(=O)c2ccccc23)c(Br)cc1O. The molecule has 154 valence electrons. The van der Waals surface area contributed by atoms with Gasteiger partial charge in [-0.1, -0.05) is 40.2 Å². The third-order valence-electron chi connectivity index (χ3n) is 5.34. The molecule has 0 aromatic heterocycles. The number of benzene rings is 2. The molecule has 1 atom stereocenters. The molecule has 0 unspecified atom stereocenters. The number of nitrogens with one attached hydrogen (secondary N) is 1. The van der Waals surface area contributed by atoms with Crippen molar-refractivity contribution in [3.63, 3.8) is 0 Å². The normalized spacial score (nSPS) is 17.5. The number of phenols is 1. The molecule has 0 spiro atoms. The maximum atomic E-state index is 13.4. The van der Waals surface area contributed by atoms with Gasteiger partial charge in [-0.05, 0) is 31.5 Å². The lowest BCUT2D eigenvalue weighted by Gasteiger charge is -2.30. The van der Waals surface area contributed by atoms with E-state index in [1.54, 1.807) is 19.1 Å². The molecule has 2 aromatic carbocycles. The molecular weight excluding hydrogens is 450 g/mol. The quantitative estimate of drug-likeness (QED) is 0.649. The number of allylic oxidation sites excluding steroid dienone is 2. The van der Waals surface area contributed by atoms with E-state index >= 15 is 0 Å². The van der Waals surface area contributed by atoms with Gasteiger partial charge < -0.3 is 19.9 Å². The number of carbonyl (C=O) groups excluding carboxylic acids is 2. The fourth-order valence-electron chi connectivity index (χ4n) is 4.07. The Labute approximate surface area is 182 Å². The van der Waals surface area contributed by atoms with Gasteiger partial charge >= 0.3 is 5.97 Å².